The Hall–Kier alpha value is -2.75. The summed E-state index contributed by atoms with van der Waals surface area (Å²) in [6.07, 6.45) is 3.90. The van der Waals surface area contributed by atoms with Crippen molar-refractivity contribution < 1.29 is 9.72 Å². The van der Waals surface area contributed by atoms with E-state index in [1.54, 1.807) is 23.1 Å². The van der Waals surface area contributed by atoms with E-state index < -0.39 is 4.92 Å². The third-order valence-electron chi connectivity index (χ3n) is 5.92. The van der Waals surface area contributed by atoms with Crippen LogP contribution in [0.4, 0.5) is 16.5 Å². The molecule has 0 aliphatic carbocycles. The molecule has 1 aliphatic heterocycles. The van der Waals surface area contributed by atoms with Crippen molar-refractivity contribution in [1.29, 1.82) is 0 Å². The second kappa shape index (κ2) is 10.7. The molecular formula is C24H28ClN5O3S. The number of thiazole rings is 1. The van der Waals surface area contributed by atoms with Crippen molar-refractivity contribution in [3.8, 4) is 0 Å². The monoisotopic (exact) mass is 501 g/mol. The number of carbonyl (C=O) groups excluding carboxylic acids is 1. The zero-order valence-electron chi connectivity index (χ0n) is 19.4. The van der Waals surface area contributed by atoms with E-state index >= 15 is 0 Å². The van der Waals surface area contributed by atoms with Crippen molar-refractivity contribution in [2.45, 2.75) is 25.7 Å². The van der Waals surface area contributed by atoms with Gasteiger partial charge in [0.1, 0.15) is 5.69 Å². The highest BCUT2D eigenvalue weighted by molar-refractivity contribution is 7.22. The molecule has 1 fully saturated rings. The number of hydrogen-bond donors (Lipinski definition) is 0. The van der Waals surface area contributed by atoms with Gasteiger partial charge in [0.15, 0.2) is 5.13 Å². The molecule has 8 nitrogen and oxygen atoms in total. The predicted molar refractivity (Wildman–Crippen MR) is 139 cm³/mol. The lowest BCUT2D eigenvalue weighted by molar-refractivity contribution is -0.384. The minimum absolute atomic E-state index is 0.0305. The van der Waals surface area contributed by atoms with Gasteiger partial charge in [-0.1, -0.05) is 22.9 Å². The largest absolute Gasteiger partial charge is 0.366 e. The first-order valence-electron chi connectivity index (χ1n) is 11.4. The second-order valence-electron chi connectivity index (χ2n) is 8.73. The van der Waals surface area contributed by atoms with Gasteiger partial charge in [0, 0.05) is 36.3 Å². The first-order chi connectivity index (χ1) is 16.3. The summed E-state index contributed by atoms with van der Waals surface area (Å²) in [6, 6.07) is 10.3. The van der Waals surface area contributed by atoms with Crippen molar-refractivity contribution in [1.82, 2.24) is 9.88 Å². The third kappa shape index (κ3) is 5.48. The van der Waals surface area contributed by atoms with E-state index in [9.17, 15) is 14.9 Å². The van der Waals surface area contributed by atoms with Crippen LogP contribution in [-0.2, 0) is 0 Å². The van der Waals surface area contributed by atoms with Crippen molar-refractivity contribution in [3.63, 3.8) is 0 Å². The first kappa shape index (κ1) is 24.4. The van der Waals surface area contributed by atoms with E-state index in [-0.39, 0.29) is 17.2 Å². The summed E-state index contributed by atoms with van der Waals surface area (Å²) in [7, 11) is 3.96. The number of fused-ring (bicyclic) bond motifs is 1. The zero-order valence-corrected chi connectivity index (χ0v) is 20.9. The molecule has 10 heteroatoms. The maximum atomic E-state index is 13.6. The van der Waals surface area contributed by atoms with Gasteiger partial charge in [-0.3, -0.25) is 19.8 Å². The highest BCUT2D eigenvalue weighted by atomic mass is 35.5. The van der Waals surface area contributed by atoms with Gasteiger partial charge in [0.05, 0.1) is 15.1 Å². The maximum Gasteiger partial charge on any atom is 0.293 e. The molecule has 2 aromatic carbocycles. The van der Waals surface area contributed by atoms with E-state index in [1.807, 2.05) is 31.1 Å². The molecule has 1 aliphatic rings. The molecule has 0 radical (unpaired) electrons. The van der Waals surface area contributed by atoms with Crippen LogP contribution >= 0.6 is 22.9 Å². The molecule has 3 aromatic rings. The van der Waals surface area contributed by atoms with Crippen LogP contribution in [0.25, 0.3) is 10.2 Å². The lowest BCUT2D eigenvalue weighted by atomic mass is 10.1. The maximum absolute atomic E-state index is 13.6. The van der Waals surface area contributed by atoms with Crippen molar-refractivity contribution in [2.24, 2.45) is 0 Å². The number of nitrogens with zero attached hydrogens (tertiary/aromatic N) is 5. The number of amides is 1. The van der Waals surface area contributed by atoms with Gasteiger partial charge in [0.2, 0.25) is 0 Å². The summed E-state index contributed by atoms with van der Waals surface area (Å²) in [5.41, 5.74) is 1.60. The molecule has 0 bridgehead atoms. The van der Waals surface area contributed by atoms with Crippen LogP contribution in [0.2, 0.25) is 5.02 Å². The summed E-state index contributed by atoms with van der Waals surface area (Å²) < 4.78 is 0.888. The summed E-state index contributed by atoms with van der Waals surface area (Å²) in [5.74, 6) is -0.294. The Morgan fingerprint density at radius 1 is 1.15 bits per heavy atom. The molecule has 4 rings (SSSR count). The Bertz CT molecular complexity index is 1190. The van der Waals surface area contributed by atoms with Crippen molar-refractivity contribution >= 4 is 55.6 Å². The SMILES string of the molecule is CN(C)CCCN(C(=O)c1ccc(N2CCCCC2)c([N+](=O)[O-])c1)c1nc2ccc(Cl)cc2s1. The minimum atomic E-state index is -0.392. The number of anilines is 2. The molecule has 180 valence electrons. The van der Waals surface area contributed by atoms with Crippen LogP contribution in [0.3, 0.4) is 0 Å². The van der Waals surface area contributed by atoms with Crippen LogP contribution in [0, 0.1) is 10.1 Å². The van der Waals surface area contributed by atoms with Gasteiger partial charge in [-0.2, -0.15) is 0 Å². The fraction of sp³-hybridized carbons (Fsp3) is 0.417. The van der Waals surface area contributed by atoms with Crippen LogP contribution in [-0.4, -0.2) is 61.0 Å². The van der Waals surface area contributed by atoms with Crippen LogP contribution in [0.5, 0.6) is 0 Å². The summed E-state index contributed by atoms with van der Waals surface area (Å²) in [6.45, 7) is 2.83. The zero-order chi connectivity index (χ0) is 24.2. The number of halogens is 1. The Labute approximate surface area is 207 Å². The number of rotatable bonds is 8. The Kier molecular flexibility index (Phi) is 7.65. The number of carbonyl (C=O) groups is 1. The molecule has 1 amide bonds. The van der Waals surface area contributed by atoms with E-state index in [1.165, 1.54) is 17.4 Å². The van der Waals surface area contributed by atoms with Gasteiger partial charge in [-0.15, -0.1) is 0 Å². The average molecular weight is 502 g/mol. The summed E-state index contributed by atoms with van der Waals surface area (Å²) in [4.78, 5) is 35.5. The third-order valence-corrected chi connectivity index (χ3v) is 7.19. The van der Waals surface area contributed by atoms with E-state index in [0.29, 0.717) is 22.4 Å². The van der Waals surface area contributed by atoms with Crippen LogP contribution < -0.4 is 9.80 Å². The van der Waals surface area contributed by atoms with Crippen molar-refractivity contribution in [2.75, 3.05) is 50.1 Å². The van der Waals surface area contributed by atoms with Gasteiger partial charge >= 0.3 is 0 Å². The van der Waals surface area contributed by atoms with Gasteiger partial charge in [-0.25, -0.2) is 4.98 Å². The number of piperidine rings is 1. The lowest BCUT2D eigenvalue weighted by Crippen LogP contribution is -2.34. The molecule has 0 saturated carbocycles. The Balaban J connectivity index is 1.68. The van der Waals surface area contributed by atoms with E-state index in [4.69, 9.17) is 11.6 Å². The number of aromatic nitrogens is 1. The molecule has 0 unspecified atom stereocenters. The predicted octanol–water partition coefficient (Wildman–Crippen LogP) is 5.45. The molecule has 0 N–H and O–H groups in total. The van der Waals surface area contributed by atoms with Crippen LogP contribution in [0.15, 0.2) is 36.4 Å². The number of nitro groups is 1. The standard InChI is InChI=1S/C24H28ClN5O3S/c1-27(2)11-6-14-29(24-26-19-9-8-18(25)16-22(19)34-24)23(31)17-7-10-20(21(15-17)30(32)33)28-12-4-3-5-13-28/h7-10,15-16H,3-6,11-14H2,1-2H3. The number of hydrogen-bond acceptors (Lipinski definition) is 7. The molecule has 1 saturated heterocycles. The molecule has 0 spiro atoms. The Morgan fingerprint density at radius 2 is 1.91 bits per heavy atom. The fourth-order valence-corrected chi connectivity index (χ4v) is 5.46. The highest BCUT2D eigenvalue weighted by Crippen LogP contribution is 2.34. The Morgan fingerprint density at radius 3 is 2.62 bits per heavy atom. The van der Waals surface area contributed by atoms with Crippen molar-refractivity contribution in [3.05, 3.63) is 57.1 Å². The molecule has 2 heterocycles. The average Bonchev–Trinajstić information content (AvgIpc) is 3.24. The smallest absolute Gasteiger partial charge is 0.293 e. The number of benzene rings is 2. The van der Waals surface area contributed by atoms with Crippen LogP contribution in [0.1, 0.15) is 36.0 Å². The molecule has 1 aromatic heterocycles. The fourth-order valence-electron chi connectivity index (χ4n) is 4.19. The quantitative estimate of drug-likeness (QED) is 0.301. The van der Waals surface area contributed by atoms with E-state index in [0.717, 1.165) is 55.5 Å². The van der Waals surface area contributed by atoms with Gasteiger partial charge in [-0.05, 0) is 76.7 Å². The molecular weight excluding hydrogens is 474 g/mol. The minimum Gasteiger partial charge on any atom is -0.366 e. The summed E-state index contributed by atoms with van der Waals surface area (Å²) >= 11 is 7.53. The lowest BCUT2D eigenvalue weighted by Gasteiger charge is -2.28. The number of nitro benzene ring substituents is 1. The second-order valence-corrected chi connectivity index (χ2v) is 10.2. The normalized spacial score (nSPS) is 14.1. The molecule has 0 atom stereocenters. The topological polar surface area (TPSA) is 82.8 Å². The highest BCUT2D eigenvalue weighted by Gasteiger charge is 2.26. The molecule has 34 heavy (non-hydrogen) atoms. The first-order valence-corrected chi connectivity index (χ1v) is 12.6. The van der Waals surface area contributed by atoms with Gasteiger partial charge < -0.3 is 9.80 Å². The van der Waals surface area contributed by atoms with E-state index in [2.05, 4.69) is 9.88 Å². The van der Waals surface area contributed by atoms with Gasteiger partial charge in [0.25, 0.3) is 11.6 Å². The summed E-state index contributed by atoms with van der Waals surface area (Å²) in [5, 5.41) is 13.1.